The molecule has 0 saturated heterocycles. The highest BCUT2D eigenvalue weighted by atomic mass is 16.5. The van der Waals surface area contributed by atoms with E-state index < -0.39 is 0 Å². The van der Waals surface area contributed by atoms with Crippen LogP contribution in [0, 0.1) is 6.92 Å². The molecule has 1 N–H and O–H groups in total. The van der Waals surface area contributed by atoms with Crippen LogP contribution in [0.5, 0.6) is 5.75 Å². The van der Waals surface area contributed by atoms with Crippen LogP contribution in [0.2, 0.25) is 0 Å². The third-order valence-electron chi connectivity index (χ3n) is 3.67. The third kappa shape index (κ3) is 5.24. The summed E-state index contributed by atoms with van der Waals surface area (Å²) in [7, 11) is 2.02. The van der Waals surface area contributed by atoms with E-state index in [4.69, 9.17) is 4.74 Å². The normalized spacial score (nSPS) is 12.1. The van der Waals surface area contributed by atoms with Gasteiger partial charge in [0.1, 0.15) is 5.75 Å². The molecule has 0 heterocycles. The molecule has 0 aliphatic carbocycles. The van der Waals surface area contributed by atoms with Gasteiger partial charge in [-0.25, -0.2) is 0 Å². The maximum absolute atomic E-state index is 5.77. The first kappa shape index (κ1) is 15.6. The number of nitrogens with one attached hydrogen (secondary N) is 1. The maximum atomic E-state index is 5.77. The van der Waals surface area contributed by atoms with Gasteiger partial charge in [0.2, 0.25) is 0 Å². The molecule has 2 rings (SSSR count). The summed E-state index contributed by atoms with van der Waals surface area (Å²) in [6.45, 7) is 3.93. The molecule has 2 aromatic carbocycles. The Bertz CT molecular complexity index is 524. The predicted molar refractivity (Wildman–Crippen MR) is 89.0 cm³/mol. The Kier molecular flexibility index (Phi) is 6.29. The Morgan fingerprint density at radius 1 is 1.05 bits per heavy atom. The van der Waals surface area contributed by atoms with Crippen LogP contribution in [0.4, 0.5) is 0 Å². The number of para-hydroxylation sites is 1. The summed E-state index contributed by atoms with van der Waals surface area (Å²) in [5, 5.41) is 3.30. The van der Waals surface area contributed by atoms with E-state index in [9.17, 15) is 0 Å². The van der Waals surface area contributed by atoms with Gasteiger partial charge in [0.15, 0.2) is 0 Å². The molecule has 0 spiro atoms. The lowest BCUT2D eigenvalue weighted by Gasteiger charge is -2.17. The van der Waals surface area contributed by atoms with Crippen molar-refractivity contribution in [1.82, 2.24) is 5.32 Å². The second-order valence-corrected chi connectivity index (χ2v) is 5.47. The van der Waals surface area contributed by atoms with Gasteiger partial charge >= 0.3 is 0 Å². The average molecular weight is 283 g/mol. The van der Waals surface area contributed by atoms with Crippen molar-refractivity contribution in [2.75, 3.05) is 20.2 Å². The third-order valence-corrected chi connectivity index (χ3v) is 3.67. The van der Waals surface area contributed by atoms with Crippen LogP contribution in [0.25, 0.3) is 0 Å². The van der Waals surface area contributed by atoms with Gasteiger partial charge in [-0.3, -0.25) is 0 Å². The van der Waals surface area contributed by atoms with Crippen molar-refractivity contribution in [2.45, 2.75) is 25.7 Å². The van der Waals surface area contributed by atoms with E-state index in [1.807, 2.05) is 37.4 Å². The molecular formula is C19H25NO. The fraction of sp³-hybridized carbons (Fsp3) is 0.368. The zero-order valence-corrected chi connectivity index (χ0v) is 13.0. The Morgan fingerprint density at radius 3 is 2.57 bits per heavy atom. The van der Waals surface area contributed by atoms with E-state index in [1.54, 1.807) is 0 Å². The second kappa shape index (κ2) is 8.48. The van der Waals surface area contributed by atoms with Gasteiger partial charge in [-0.2, -0.15) is 0 Å². The topological polar surface area (TPSA) is 21.3 Å². The Hall–Kier alpha value is -1.80. The van der Waals surface area contributed by atoms with Crippen LogP contribution in [0.1, 0.15) is 29.9 Å². The van der Waals surface area contributed by atoms with E-state index in [1.165, 1.54) is 11.1 Å². The highest BCUT2D eigenvalue weighted by Gasteiger charge is 2.10. The standard InChI is InChI=1S/C19H25NO/c1-16-8-6-9-17(14-16)18(15-20-2)10-7-13-21-19-11-4-3-5-12-19/h3-6,8-9,11-12,14,18,20H,7,10,13,15H2,1-2H3. The predicted octanol–water partition coefficient (Wildman–Crippen LogP) is 4.16. The lowest BCUT2D eigenvalue weighted by Crippen LogP contribution is -2.18. The molecular weight excluding hydrogens is 258 g/mol. The number of hydrogen-bond donors (Lipinski definition) is 1. The minimum atomic E-state index is 0.550. The molecule has 0 fully saturated rings. The van der Waals surface area contributed by atoms with Gasteiger partial charge in [-0.15, -0.1) is 0 Å². The number of benzene rings is 2. The molecule has 21 heavy (non-hydrogen) atoms. The molecule has 1 unspecified atom stereocenters. The summed E-state index contributed by atoms with van der Waals surface area (Å²) in [5.41, 5.74) is 2.75. The molecule has 2 nitrogen and oxygen atoms in total. The van der Waals surface area contributed by atoms with Crippen molar-refractivity contribution < 1.29 is 4.74 Å². The Balaban J connectivity index is 1.83. The van der Waals surface area contributed by atoms with Crippen molar-refractivity contribution in [2.24, 2.45) is 0 Å². The van der Waals surface area contributed by atoms with Gasteiger partial charge in [-0.05, 0) is 50.4 Å². The molecule has 0 amide bonds. The van der Waals surface area contributed by atoms with Crippen molar-refractivity contribution in [3.63, 3.8) is 0 Å². The zero-order chi connectivity index (χ0) is 14.9. The number of hydrogen-bond acceptors (Lipinski definition) is 2. The number of aryl methyl sites for hydroxylation is 1. The molecule has 0 saturated carbocycles. The van der Waals surface area contributed by atoms with Crippen molar-refractivity contribution in [3.05, 3.63) is 65.7 Å². The Morgan fingerprint density at radius 2 is 1.86 bits per heavy atom. The average Bonchev–Trinajstić information content (AvgIpc) is 2.51. The molecule has 112 valence electrons. The minimum Gasteiger partial charge on any atom is -0.494 e. The maximum Gasteiger partial charge on any atom is 0.119 e. The van der Waals surface area contributed by atoms with Crippen LogP contribution in [-0.4, -0.2) is 20.2 Å². The first-order valence-corrected chi connectivity index (χ1v) is 7.68. The van der Waals surface area contributed by atoms with Crippen molar-refractivity contribution in [3.8, 4) is 5.75 Å². The van der Waals surface area contributed by atoms with Gasteiger partial charge < -0.3 is 10.1 Å². The first-order valence-electron chi connectivity index (χ1n) is 7.68. The lowest BCUT2D eigenvalue weighted by atomic mass is 9.93. The smallest absolute Gasteiger partial charge is 0.119 e. The molecule has 0 radical (unpaired) electrons. The largest absolute Gasteiger partial charge is 0.494 e. The summed E-state index contributed by atoms with van der Waals surface area (Å²) >= 11 is 0. The van der Waals surface area contributed by atoms with E-state index in [0.717, 1.165) is 31.7 Å². The van der Waals surface area contributed by atoms with E-state index in [-0.39, 0.29) is 0 Å². The van der Waals surface area contributed by atoms with Crippen LogP contribution in [0.15, 0.2) is 54.6 Å². The van der Waals surface area contributed by atoms with Gasteiger partial charge in [0.25, 0.3) is 0 Å². The zero-order valence-electron chi connectivity index (χ0n) is 13.0. The van der Waals surface area contributed by atoms with Crippen LogP contribution >= 0.6 is 0 Å². The minimum absolute atomic E-state index is 0.550. The summed E-state index contributed by atoms with van der Waals surface area (Å²) in [5.74, 6) is 1.51. The molecule has 2 aromatic rings. The molecule has 1 atom stereocenters. The fourth-order valence-corrected chi connectivity index (χ4v) is 2.59. The summed E-state index contributed by atoms with van der Waals surface area (Å²) in [4.78, 5) is 0. The molecule has 2 heteroatoms. The van der Waals surface area contributed by atoms with E-state index >= 15 is 0 Å². The summed E-state index contributed by atoms with van der Waals surface area (Å²) in [6, 6.07) is 18.8. The SMILES string of the molecule is CNCC(CCCOc1ccccc1)c1cccc(C)c1. The van der Waals surface area contributed by atoms with E-state index in [2.05, 4.69) is 36.5 Å². The fourth-order valence-electron chi connectivity index (χ4n) is 2.59. The number of rotatable bonds is 8. The molecule has 0 aliphatic rings. The van der Waals surface area contributed by atoms with Crippen molar-refractivity contribution in [1.29, 1.82) is 0 Å². The van der Waals surface area contributed by atoms with E-state index in [0.29, 0.717) is 5.92 Å². The van der Waals surface area contributed by atoms with Crippen LogP contribution < -0.4 is 10.1 Å². The summed E-state index contributed by atoms with van der Waals surface area (Å²) < 4.78 is 5.77. The highest BCUT2D eigenvalue weighted by molar-refractivity contribution is 5.26. The van der Waals surface area contributed by atoms with Crippen molar-refractivity contribution >= 4 is 0 Å². The molecule has 0 aromatic heterocycles. The first-order chi connectivity index (χ1) is 10.3. The second-order valence-electron chi connectivity index (χ2n) is 5.47. The number of likely N-dealkylation sites (N-methyl/N-ethyl adjacent to an activating group) is 1. The van der Waals surface area contributed by atoms with Gasteiger partial charge in [-0.1, -0.05) is 48.0 Å². The lowest BCUT2D eigenvalue weighted by molar-refractivity contribution is 0.301. The van der Waals surface area contributed by atoms with Crippen LogP contribution in [-0.2, 0) is 0 Å². The van der Waals surface area contributed by atoms with Gasteiger partial charge in [0.05, 0.1) is 6.61 Å². The number of ether oxygens (including phenoxy) is 1. The van der Waals surface area contributed by atoms with Gasteiger partial charge in [0, 0.05) is 6.54 Å². The van der Waals surface area contributed by atoms with Crippen LogP contribution in [0.3, 0.4) is 0 Å². The molecule has 0 aliphatic heterocycles. The summed E-state index contributed by atoms with van der Waals surface area (Å²) in [6.07, 6.45) is 2.20. The molecule has 0 bridgehead atoms. The Labute approximate surface area is 128 Å². The highest BCUT2D eigenvalue weighted by Crippen LogP contribution is 2.22. The monoisotopic (exact) mass is 283 g/mol. The quantitative estimate of drug-likeness (QED) is 0.735.